The third kappa shape index (κ3) is 19.3. The Morgan fingerprint density at radius 3 is 1.80 bits per heavy atom. The fourth-order valence-corrected chi connectivity index (χ4v) is 3.05. The monoisotopic (exact) mass is 574 g/mol. The van der Waals surface area contributed by atoms with Gasteiger partial charge in [0.1, 0.15) is 5.69 Å². The minimum atomic E-state index is -4.33. The molecule has 3 aromatic rings. The predicted octanol–water partition coefficient (Wildman–Crippen LogP) is 9.54. The highest BCUT2D eigenvalue weighted by atomic mass is 19.4. The second kappa shape index (κ2) is 23.2. The van der Waals surface area contributed by atoms with E-state index in [9.17, 15) is 22.8 Å². The summed E-state index contributed by atoms with van der Waals surface area (Å²) in [7, 11) is 0. The molecule has 0 aliphatic rings. The van der Waals surface area contributed by atoms with E-state index in [4.69, 9.17) is 0 Å². The number of aromatic nitrogens is 1. The minimum absolute atomic E-state index is 0.00245. The lowest BCUT2D eigenvalue weighted by Gasteiger charge is -2.19. The summed E-state index contributed by atoms with van der Waals surface area (Å²) in [6.07, 6.45) is 0.123. The van der Waals surface area contributed by atoms with Gasteiger partial charge in [0.15, 0.2) is 5.78 Å². The van der Waals surface area contributed by atoms with Gasteiger partial charge in [0, 0.05) is 25.2 Å². The highest BCUT2D eigenvalue weighted by Gasteiger charge is 2.31. The van der Waals surface area contributed by atoms with Gasteiger partial charge in [-0.1, -0.05) is 108 Å². The number of halogens is 3. The van der Waals surface area contributed by atoms with E-state index in [0.29, 0.717) is 12.1 Å². The fourth-order valence-electron chi connectivity index (χ4n) is 3.05. The number of carbonyl (C=O) groups is 2. The number of aryl methyl sites for hydroxylation is 3. The van der Waals surface area contributed by atoms with E-state index in [0.717, 1.165) is 30.0 Å². The molecule has 0 N–H and O–H groups in total. The van der Waals surface area contributed by atoms with E-state index in [2.05, 4.69) is 50.0 Å². The summed E-state index contributed by atoms with van der Waals surface area (Å²) in [5.41, 5.74) is 3.02. The van der Waals surface area contributed by atoms with Crippen molar-refractivity contribution < 1.29 is 22.8 Å². The van der Waals surface area contributed by atoms with Gasteiger partial charge >= 0.3 is 6.18 Å². The van der Waals surface area contributed by atoms with E-state index in [-0.39, 0.29) is 18.2 Å². The molecule has 228 valence electrons. The molecule has 0 atom stereocenters. The molecule has 0 fully saturated rings. The van der Waals surface area contributed by atoms with Gasteiger partial charge in [0.2, 0.25) is 5.91 Å². The van der Waals surface area contributed by atoms with Crippen LogP contribution in [0.25, 0.3) is 0 Å². The Bertz CT molecular complexity index is 1080. The van der Waals surface area contributed by atoms with E-state index in [1.54, 1.807) is 17.9 Å². The van der Waals surface area contributed by atoms with Crippen LogP contribution in [0.3, 0.4) is 0 Å². The number of hydrogen-bond donors (Lipinski definition) is 0. The molecule has 0 saturated heterocycles. The summed E-state index contributed by atoms with van der Waals surface area (Å²) in [6.45, 7) is 18.3. The molecule has 7 heteroatoms. The average Bonchev–Trinajstić information content (AvgIpc) is 2.95. The highest BCUT2D eigenvalue weighted by Crippen LogP contribution is 2.26. The summed E-state index contributed by atoms with van der Waals surface area (Å²) in [4.78, 5) is 28.1. The number of pyridine rings is 1. The van der Waals surface area contributed by atoms with Crippen LogP contribution in [0, 0.1) is 13.8 Å². The first-order chi connectivity index (χ1) is 19.4. The van der Waals surface area contributed by atoms with Crippen LogP contribution in [-0.2, 0) is 17.4 Å². The van der Waals surface area contributed by atoms with Gasteiger partial charge in [-0.3, -0.25) is 14.6 Å². The first-order valence-electron chi connectivity index (χ1n) is 14.3. The molecule has 1 amide bonds. The largest absolute Gasteiger partial charge is 0.433 e. The molecule has 41 heavy (non-hydrogen) atoms. The standard InChI is InChI=1S/C14H19NO2.C8H10.C7H6F3N.C3H8.C2H6/c1-4-8-15(12(3)16)10-14(17)13-7-5-6-11(2)9-13;1-2-8-6-4-3-5-7-8;1-5-2-3-6(11-4-5)7(8,9)10;1-3-2;1-2/h5-7,9H,4,8,10H2,1-3H3;3-7H,2H2,1H3;2-4H,1H3;3H2,1-2H3;1-2H3. The van der Waals surface area contributed by atoms with Crippen LogP contribution < -0.4 is 0 Å². The average molecular weight is 575 g/mol. The smallest absolute Gasteiger partial charge is 0.335 e. The molecule has 1 aromatic heterocycles. The van der Waals surface area contributed by atoms with Crippen LogP contribution >= 0.6 is 0 Å². The summed E-state index contributed by atoms with van der Waals surface area (Å²) < 4.78 is 35.6. The van der Waals surface area contributed by atoms with Gasteiger partial charge in [0.25, 0.3) is 0 Å². The van der Waals surface area contributed by atoms with Crippen LogP contribution in [0.4, 0.5) is 13.2 Å². The molecule has 3 rings (SSSR count). The van der Waals surface area contributed by atoms with E-state index < -0.39 is 11.9 Å². The number of carbonyl (C=O) groups excluding carboxylic acids is 2. The maximum Gasteiger partial charge on any atom is 0.433 e. The molecule has 0 spiro atoms. The SMILES string of the molecule is CC.CCC.CCCN(CC(=O)c1cccc(C)c1)C(C)=O.CCc1ccccc1.Cc1ccc(C(F)(F)F)nc1. The lowest BCUT2D eigenvalue weighted by molar-refractivity contribution is -0.141. The molecule has 0 aliphatic carbocycles. The minimum Gasteiger partial charge on any atom is -0.335 e. The van der Waals surface area contributed by atoms with Crippen molar-refractivity contribution in [2.75, 3.05) is 13.1 Å². The molecule has 1 heterocycles. The summed E-state index contributed by atoms with van der Waals surface area (Å²) in [5.74, 6) is -0.0507. The van der Waals surface area contributed by atoms with Gasteiger partial charge in [0.05, 0.1) is 6.54 Å². The van der Waals surface area contributed by atoms with Crippen molar-refractivity contribution in [1.29, 1.82) is 0 Å². The summed E-state index contributed by atoms with van der Waals surface area (Å²) in [6, 6.07) is 20.3. The van der Waals surface area contributed by atoms with Crippen LogP contribution in [0.1, 0.15) is 94.1 Å². The quantitative estimate of drug-likeness (QED) is 0.276. The van der Waals surface area contributed by atoms with Crippen LogP contribution in [0.2, 0.25) is 0 Å². The highest BCUT2D eigenvalue weighted by molar-refractivity contribution is 5.99. The second-order valence-corrected chi connectivity index (χ2v) is 9.00. The van der Waals surface area contributed by atoms with Crippen LogP contribution in [0.15, 0.2) is 72.9 Å². The van der Waals surface area contributed by atoms with Gasteiger partial charge in [-0.2, -0.15) is 13.2 Å². The number of hydrogen-bond acceptors (Lipinski definition) is 3. The van der Waals surface area contributed by atoms with Crippen molar-refractivity contribution in [3.63, 3.8) is 0 Å². The molecule has 0 bridgehead atoms. The second-order valence-electron chi connectivity index (χ2n) is 9.00. The number of benzene rings is 2. The fraction of sp³-hybridized carbons (Fsp3) is 0.441. The molecule has 2 aromatic carbocycles. The van der Waals surface area contributed by atoms with Crippen molar-refractivity contribution in [3.8, 4) is 0 Å². The number of rotatable bonds is 6. The van der Waals surface area contributed by atoms with E-state index in [1.165, 1.54) is 31.2 Å². The normalized spacial score (nSPS) is 9.66. The zero-order valence-corrected chi connectivity index (χ0v) is 26.3. The molecule has 0 radical (unpaired) electrons. The molecular formula is C34H49F3N2O2. The van der Waals surface area contributed by atoms with Crippen molar-refractivity contribution >= 4 is 11.7 Å². The van der Waals surface area contributed by atoms with Crippen molar-refractivity contribution in [1.82, 2.24) is 9.88 Å². The van der Waals surface area contributed by atoms with Crippen molar-refractivity contribution in [2.24, 2.45) is 0 Å². The summed E-state index contributed by atoms with van der Waals surface area (Å²) >= 11 is 0. The Labute approximate surface area is 246 Å². The zero-order valence-electron chi connectivity index (χ0n) is 26.3. The van der Waals surface area contributed by atoms with Gasteiger partial charge in [-0.15, -0.1) is 0 Å². The summed E-state index contributed by atoms with van der Waals surface area (Å²) in [5, 5.41) is 0. The number of nitrogens with zero attached hydrogens (tertiary/aromatic N) is 2. The maximum atomic E-state index is 12.0. The maximum absolute atomic E-state index is 12.0. The third-order valence-electron chi connectivity index (χ3n) is 5.07. The molecule has 0 unspecified atom stereocenters. The lowest BCUT2D eigenvalue weighted by Crippen LogP contribution is -2.34. The van der Waals surface area contributed by atoms with Gasteiger partial charge in [-0.25, -0.2) is 0 Å². The Hall–Kier alpha value is -3.48. The van der Waals surface area contributed by atoms with Crippen LogP contribution in [-0.4, -0.2) is 34.7 Å². The first-order valence-corrected chi connectivity index (χ1v) is 14.3. The molecule has 0 aliphatic heterocycles. The Morgan fingerprint density at radius 1 is 0.829 bits per heavy atom. The lowest BCUT2D eigenvalue weighted by atomic mass is 10.1. The number of amides is 1. The number of alkyl halides is 3. The number of ketones is 1. The molecule has 4 nitrogen and oxygen atoms in total. The Kier molecular flexibility index (Phi) is 22.5. The number of Topliss-reactive ketones (excluding diaryl/α,β-unsaturated/α-hetero) is 1. The Balaban J connectivity index is 0. The Morgan fingerprint density at radius 2 is 1.41 bits per heavy atom. The van der Waals surface area contributed by atoms with E-state index in [1.807, 2.05) is 52.0 Å². The third-order valence-corrected chi connectivity index (χ3v) is 5.07. The van der Waals surface area contributed by atoms with Gasteiger partial charge < -0.3 is 4.90 Å². The zero-order chi connectivity index (χ0) is 31.8. The van der Waals surface area contributed by atoms with Crippen LogP contribution in [0.5, 0.6) is 0 Å². The topological polar surface area (TPSA) is 50.3 Å². The molecular weight excluding hydrogens is 525 g/mol. The van der Waals surface area contributed by atoms with E-state index >= 15 is 0 Å². The molecule has 0 saturated carbocycles. The van der Waals surface area contributed by atoms with Crippen molar-refractivity contribution in [3.05, 3.63) is 101 Å². The van der Waals surface area contributed by atoms with Crippen molar-refractivity contribution in [2.45, 2.75) is 87.8 Å². The van der Waals surface area contributed by atoms with Gasteiger partial charge in [-0.05, 0) is 49.9 Å². The first kappa shape index (κ1) is 39.7. The predicted molar refractivity (Wildman–Crippen MR) is 165 cm³/mol.